The fourth-order valence-electron chi connectivity index (χ4n) is 4.19. The number of fused-ring (bicyclic) bond motifs is 1. The van der Waals surface area contributed by atoms with Gasteiger partial charge in [-0.2, -0.15) is 0 Å². The van der Waals surface area contributed by atoms with Crippen LogP contribution < -0.4 is 4.74 Å². The molecule has 1 saturated heterocycles. The summed E-state index contributed by atoms with van der Waals surface area (Å²) in [6.45, 7) is 4.17. The lowest BCUT2D eigenvalue weighted by molar-refractivity contribution is -0.292. The SMILES string of the molecule is C1=NC2=[N+](c3ccccc3)C=NC2C=C1c1ccc(OCCN2CCCCC2)cc1. The molecule has 3 heterocycles. The summed E-state index contributed by atoms with van der Waals surface area (Å²) in [6, 6.07) is 18.5. The second kappa shape index (κ2) is 8.76. The Morgan fingerprint density at radius 1 is 0.967 bits per heavy atom. The van der Waals surface area contributed by atoms with Crippen LogP contribution in [0, 0.1) is 0 Å². The molecule has 1 fully saturated rings. The zero-order chi connectivity index (χ0) is 20.2. The molecule has 0 N–H and O–H groups in total. The van der Waals surface area contributed by atoms with Crippen LogP contribution in [-0.4, -0.2) is 60.1 Å². The van der Waals surface area contributed by atoms with Gasteiger partial charge in [-0.1, -0.05) is 36.8 Å². The molecule has 5 rings (SSSR count). The smallest absolute Gasteiger partial charge is 0.288 e. The Labute approximate surface area is 177 Å². The first-order valence-corrected chi connectivity index (χ1v) is 10.8. The van der Waals surface area contributed by atoms with Crippen LogP contribution in [0.3, 0.4) is 0 Å². The van der Waals surface area contributed by atoms with Gasteiger partial charge in [0, 0.05) is 12.1 Å². The van der Waals surface area contributed by atoms with Crippen molar-refractivity contribution in [2.24, 2.45) is 9.98 Å². The van der Waals surface area contributed by atoms with Gasteiger partial charge in [0.1, 0.15) is 24.3 Å². The number of ether oxygens (including phenoxy) is 1. The van der Waals surface area contributed by atoms with Crippen molar-refractivity contribution in [3.8, 4) is 5.75 Å². The van der Waals surface area contributed by atoms with Crippen molar-refractivity contribution in [2.75, 3.05) is 26.2 Å². The van der Waals surface area contributed by atoms with E-state index in [4.69, 9.17) is 9.73 Å². The molecule has 1 atom stereocenters. The highest BCUT2D eigenvalue weighted by Gasteiger charge is 2.32. The van der Waals surface area contributed by atoms with E-state index in [-0.39, 0.29) is 6.04 Å². The van der Waals surface area contributed by atoms with Crippen LogP contribution in [-0.2, 0) is 0 Å². The number of hydrogen-bond donors (Lipinski definition) is 0. The minimum absolute atomic E-state index is 0.0364. The molecular formula is C25H27N4O+. The minimum atomic E-state index is -0.0364. The number of para-hydroxylation sites is 1. The number of aliphatic imine (C=N–C) groups is 2. The van der Waals surface area contributed by atoms with Crippen molar-refractivity contribution in [3.63, 3.8) is 0 Å². The maximum atomic E-state index is 5.95. The Hall–Kier alpha value is -3.05. The maximum absolute atomic E-state index is 5.95. The zero-order valence-corrected chi connectivity index (χ0v) is 17.2. The third-order valence-corrected chi connectivity index (χ3v) is 5.87. The molecule has 0 amide bonds. The van der Waals surface area contributed by atoms with Gasteiger partial charge in [0.05, 0.1) is 0 Å². The van der Waals surface area contributed by atoms with Crippen LogP contribution in [0.25, 0.3) is 5.57 Å². The summed E-state index contributed by atoms with van der Waals surface area (Å²) in [6.07, 6.45) is 9.98. The number of amidine groups is 1. The number of hydrogen-bond acceptors (Lipinski definition) is 4. The first-order valence-electron chi connectivity index (χ1n) is 10.8. The van der Waals surface area contributed by atoms with Gasteiger partial charge in [0.25, 0.3) is 5.84 Å². The first kappa shape index (κ1) is 18.9. The molecule has 3 aliphatic rings. The lowest BCUT2D eigenvalue weighted by Gasteiger charge is -2.26. The largest absolute Gasteiger partial charge is 0.492 e. The normalized spacial score (nSPS) is 20.9. The van der Waals surface area contributed by atoms with Crippen molar-refractivity contribution in [1.82, 2.24) is 4.90 Å². The van der Waals surface area contributed by atoms with E-state index in [1.54, 1.807) is 0 Å². The van der Waals surface area contributed by atoms with Crippen LogP contribution in [0.15, 0.2) is 70.7 Å². The monoisotopic (exact) mass is 399 g/mol. The highest BCUT2D eigenvalue weighted by molar-refractivity contribution is 6.18. The summed E-state index contributed by atoms with van der Waals surface area (Å²) in [4.78, 5) is 11.9. The van der Waals surface area contributed by atoms with Crippen LogP contribution in [0.5, 0.6) is 5.75 Å². The Morgan fingerprint density at radius 3 is 2.57 bits per heavy atom. The van der Waals surface area contributed by atoms with Crippen molar-refractivity contribution in [1.29, 1.82) is 0 Å². The van der Waals surface area contributed by atoms with E-state index in [9.17, 15) is 0 Å². The summed E-state index contributed by atoms with van der Waals surface area (Å²) in [5.74, 6) is 1.87. The Morgan fingerprint density at radius 2 is 1.77 bits per heavy atom. The minimum Gasteiger partial charge on any atom is -0.492 e. The van der Waals surface area contributed by atoms with Crippen LogP contribution in [0.1, 0.15) is 24.8 Å². The molecule has 0 saturated carbocycles. The van der Waals surface area contributed by atoms with E-state index in [1.165, 1.54) is 32.4 Å². The summed E-state index contributed by atoms with van der Waals surface area (Å²) in [5.41, 5.74) is 3.31. The van der Waals surface area contributed by atoms with Gasteiger partial charge in [-0.3, -0.25) is 4.90 Å². The van der Waals surface area contributed by atoms with Crippen LogP contribution in [0.2, 0.25) is 0 Å². The topological polar surface area (TPSA) is 40.2 Å². The van der Waals surface area contributed by atoms with Crippen LogP contribution in [0.4, 0.5) is 5.69 Å². The average Bonchev–Trinajstić information content (AvgIpc) is 3.24. The van der Waals surface area contributed by atoms with Crippen molar-refractivity contribution in [2.45, 2.75) is 25.3 Å². The second-order valence-corrected chi connectivity index (χ2v) is 7.93. The van der Waals surface area contributed by atoms with Crippen molar-refractivity contribution < 1.29 is 9.31 Å². The average molecular weight is 400 g/mol. The highest BCUT2D eigenvalue weighted by Crippen LogP contribution is 2.24. The van der Waals surface area contributed by atoms with Gasteiger partial charge in [0.2, 0.25) is 12.4 Å². The van der Waals surface area contributed by atoms with Crippen molar-refractivity contribution >= 4 is 29.6 Å². The zero-order valence-electron chi connectivity index (χ0n) is 17.2. The van der Waals surface area contributed by atoms with E-state index < -0.39 is 0 Å². The molecule has 152 valence electrons. The van der Waals surface area contributed by atoms with E-state index in [1.807, 2.05) is 47.5 Å². The Kier molecular flexibility index (Phi) is 5.53. The number of benzene rings is 2. The van der Waals surface area contributed by atoms with E-state index in [2.05, 4.69) is 40.2 Å². The number of likely N-dealkylation sites (tertiary alicyclic amines) is 1. The second-order valence-electron chi connectivity index (χ2n) is 7.93. The fraction of sp³-hybridized carbons (Fsp3) is 0.320. The molecular weight excluding hydrogens is 372 g/mol. The van der Waals surface area contributed by atoms with Gasteiger partial charge in [0.15, 0.2) is 0 Å². The molecule has 0 bridgehead atoms. The molecule has 3 aliphatic heterocycles. The Balaban J connectivity index is 1.22. The van der Waals surface area contributed by atoms with Crippen LogP contribution >= 0.6 is 0 Å². The molecule has 1 unspecified atom stereocenters. The molecule has 30 heavy (non-hydrogen) atoms. The standard InChI is InChI=1S/C25H27N4O/c1-3-7-22(8-4-1)29-19-27-24-17-21(18-26-25(24)29)20-9-11-23(12-10-20)30-16-15-28-13-5-2-6-14-28/h1,3-4,7-12,17-19,24H,2,5-6,13-16H2/q+1. The number of allylic oxidation sites excluding steroid dienone is 1. The van der Waals surface area contributed by atoms with Gasteiger partial charge >= 0.3 is 0 Å². The lowest BCUT2D eigenvalue weighted by atomic mass is 10.0. The molecule has 2 aromatic carbocycles. The number of nitrogens with zero attached hydrogens (tertiary/aromatic N) is 4. The summed E-state index contributed by atoms with van der Waals surface area (Å²) < 4.78 is 8.00. The highest BCUT2D eigenvalue weighted by atomic mass is 16.5. The molecule has 2 aromatic rings. The predicted octanol–water partition coefficient (Wildman–Crippen LogP) is 4.17. The predicted molar refractivity (Wildman–Crippen MR) is 122 cm³/mol. The quantitative estimate of drug-likeness (QED) is 0.684. The molecule has 0 radical (unpaired) electrons. The van der Waals surface area contributed by atoms with Gasteiger partial charge in [-0.05, 0) is 61.8 Å². The van der Waals surface area contributed by atoms with Gasteiger partial charge in [-0.25, -0.2) is 4.58 Å². The number of dihydropyridines is 1. The summed E-state index contributed by atoms with van der Waals surface area (Å²) in [5, 5.41) is 0. The van der Waals surface area contributed by atoms with E-state index in [0.29, 0.717) is 0 Å². The maximum Gasteiger partial charge on any atom is 0.288 e. The number of piperidine rings is 1. The van der Waals surface area contributed by atoms with Gasteiger partial charge in [-0.15, -0.1) is 9.98 Å². The lowest BCUT2D eigenvalue weighted by Crippen LogP contribution is -2.33. The molecule has 0 aliphatic carbocycles. The fourth-order valence-corrected chi connectivity index (χ4v) is 4.19. The third kappa shape index (κ3) is 4.12. The molecule has 5 heteroatoms. The Bertz CT molecular complexity index is 999. The third-order valence-electron chi connectivity index (χ3n) is 5.87. The molecule has 0 spiro atoms. The van der Waals surface area contributed by atoms with Crippen molar-refractivity contribution in [3.05, 3.63) is 66.2 Å². The number of rotatable bonds is 6. The summed E-state index contributed by atoms with van der Waals surface area (Å²) >= 11 is 0. The molecule has 5 nitrogen and oxygen atoms in total. The van der Waals surface area contributed by atoms with E-state index >= 15 is 0 Å². The first-order chi connectivity index (χ1) is 14.9. The molecule has 0 aromatic heterocycles. The summed E-state index contributed by atoms with van der Waals surface area (Å²) in [7, 11) is 0. The van der Waals surface area contributed by atoms with E-state index in [0.717, 1.165) is 41.6 Å². The van der Waals surface area contributed by atoms with Gasteiger partial charge < -0.3 is 4.74 Å².